The SMILES string of the molecule is Cc1ccc(-n2c(=O)c3c(CN(C)C)c(-c4ccc(NC(=O)n5ccnc5)cc4)sc3n(Cc3c(F)cccc3F)c2=O)nn1. The second kappa shape index (κ2) is 12.0. The maximum Gasteiger partial charge on any atom is 0.338 e. The number of aromatic nitrogens is 6. The van der Waals surface area contributed by atoms with Crippen LogP contribution in [0.3, 0.4) is 0 Å². The van der Waals surface area contributed by atoms with Crippen molar-refractivity contribution in [3.05, 3.63) is 123 Å². The standard InChI is InChI=1S/C31H26F2N8O3S/c1-18-7-12-25(37-36-18)41-28(42)26-22(15-38(2)3)27(19-8-10-20(11-9-19)35-30(43)39-14-13-34-17-39)45-29(26)40(31(41)44)16-21-23(32)5-4-6-24(21)33/h4-14,17H,15-16H2,1-3H3,(H,35,43). The first kappa shape index (κ1) is 29.7. The molecular formula is C31H26F2N8O3S. The molecule has 0 spiro atoms. The van der Waals surface area contributed by atoms with Crippen molar-refractivity contribution in [2.45, 2.75) is 20.0 Å². The Bertz CT molecular complexity index is 2130. The number of nitrogens with zero attached hydrogens (tertiary/aromatic N) is 7. The van der Waals surface area contributed by atoms with E-state index in [1.165, 1.54) is 51.3 Å². The van der Waals surface area contributed by atoms with Gasteiger partial charge in [0.05, 0.1) is 17.6 Å². The van der Waals surface area contributed by atoms with Crippen LogP contribution in [0.4, 0.5) is 19.3 Å². The van der Waals surface area contributed by atoms with E-state index < -0.39 is 29.4 Å². The highest BCUT2D eigenvalue weighted by Gasteiger charge is 2.25. The Morgan fingerprint density at radius 3 is 2.33 bits per heavy atom. The molecule has 0 saturated heterocycles. The molecule has 4 heterocycles. The predicted molar refractivity (Wildman–Crippen MR) is 167 cm³/mol. The molecule has 0 aliphatic heterocycles. The highest BCUT2D eigenvalue weighted by Crippen LogP contribution is 2.38. The maximum atomic E-state index is 14.9. The zero-order valence-corrected chi connectivity index (χ0v) is 25.2. The van der Waals surface area contributed by atoms with Crippen molar-refractivity contribution in [2.24, 2.45) is 0 Å². The van der Waals surface area contributed by atoms with E-state index in [-0.39, 0.29) is 27.6 Å². The Morgan fingerprint density at radius 1 is 0.978 bits per heavy atom. The van der Waals surface area contributed by atoms with Crippen LogP contribution in [0.1, 0.15) is 16.8 Å². The molecule has 45 heavy (non-hydrogen) atoms. The van der Waals surface area contributed by atoms with Crippen molar-refractivity contribution in [3.63, 3.8) is 0 Å². The molecule has 2 aromatic carbocycles. The average Bonchev–Trinajstić information content (AvgIpc) is 3.67. The Kier molecular flexibility index (Phi) is 7.91. The predicted octanol–water partition coefficient (Wildman–Crippen LogP) is 4.64. The summed E-state index contributed by atoms with van der Waals surface area (Å²) in [6.07, 6.45) is 4.40. The number of imidazole rings is 1. The number of rotatable bonds is 7. The smallest absolute Gasteiger partial charge is 0.307 e. The zero-order valence-electron chi connectivity index (χ0n) is 24.4. The van der Waals surface area contributed by atoms with Gasteiger partial charge in [-0.15, -0.1) is 16.4 Å². The molecule has 0 saturated carbocycles. The average molecular weight is 629 g/mol. The molecular weight excluding hydrogens is 602 g/mol. The first-order valence-electron chi connectivity index (χ1n) is 13.7. The largest absolute Gasteiger partial charge is 0.338 e. The number of hydrogen-bond acceptors (Lipinski definition) is 8. The topological polar surface area (TPSA) is 120 Å². The van der Waals surface area contributed by atoms with E-state index in [1.807, 2.05) is 19.0 Å². The Hall–Kier alpha value is -5.34. The van der Waals surface area contributed by atoms with Crippen LogP contribution in [0.25, 0.3) is 26.5 Å². The van der Waals surface area contributed by atoms with Crippen molar-refractivity contribution in [3.8, 4) is 16.3 Å². The molecule has 0 radical (unpaired) electrons. The minimum Gasteiger partial charge on any atom is -0.307 e. The van der Waals surface area contributed by atoms with E-state index in [2.05, 4.69) is 20.5 Å². The van der Waals surface area contributed by atoms with Crippen molar-refractivity contribution in [2.75, 3.05) is 19.4 Å². The van der Waals surface area contributed by atoms with E-state index in [0.717, 1.165) is 16.7 Å². The molecule has 0 aliphatic carbocycles. The minimum atomic E-state index is -0.818. The van der Waals surface area contributed by atoms with E-state index in [4.69, 9.17) is 0 Å². The van der Waals surface area contributed by atoms with Gasteiger partial charge in [0.1, 0.15) is 22.8 Å². The second-order valence-corrected chi connectivity index (χ2v) is 11.5. The molecule has 0 bridgehead atoms. The van der Waals surface area contributed by atoms with Gasteiger partial charge in [-0.2, -0.15) is 5.10 Å². The van der Waals surface area contributed by atoms with Crippen LogP contribution in [-0.2, 0) is 13.1 Å². The fraction of sp³-hybridized carbons (Fsp3) is 0.161. The first-order chi connectivity index (χ1) is 21.6. The first-order valence-corrected chi connectivity index (χ1v) is 14.5. The quantitative estimate of drug-likeness (QED) is 0.274. The summed E-state index contributed by atoms with van der Waals surface area (Å²) in [4.78, 5) is 47.3. The van der Waals surface area contributed by atoms with Crippen molar-refractivity contribution in [1.29, 1.82) is 0 Å². The molecule has 0 aliphatic rings. The number of carbonyl (C=O) groups excluding carboxylic acids is 1. The van der Waals surface area contributed by atoms with Crippen molar-refractivity contribution < 1.29 is 13.6 Å². The molecule has 1 amide bonds. The zero-order chi connectivity index (χ0) is 31.8. The number of aryl methyl sites for hydroxylation is 1. The number of anilines is 1. The number of amides is 1. The number of fused-ring (bicyclic) bond motifs is 1. The number of halogens is 2. The maximum absolute atomic E-state index is 14.9. The van der Waals surface area contributed by atoms with E-state index >= 15 is 0 Å². The minimum absolute atomic E-state index is 0.0122. The Morgan fingerprint density at radius 2 is 1.71 bits per heavy atom. The van der Waals surface area contributed by atoms with Crippen molar-refractivity contribution in [1.82, 2.24) is 33.8 Å². The van der Waals surface area contributed by atoms with Gasteiger partial charge >= 0.3 is 11.7 Å². The number of thiophene rings is 1. The van der Waals surface area contributed by atoms with Crippen LogP contribution in [0.2, 0.25) is 0 Å². The van der Waals surface area contributed by atoms with E-state index in [0.29, 0.717) is 33.9 Å². The van der Waals surface area contributed by atoms with Gasteiger partial charge in [0.25, 0.3) is 5.56 Å². The normalized spacial score (nSPS) is 11.4. The molecule has 6 rings (SSSR count). The summed E-state index contributed by atoms with van der Waals surface area (Å²) in [5.74, 6) is -1.65. The third-order valence-electron chi connectivity index (χ3n) is 7.08. The lowest BCUT2D eigenvalue weighted by atomic mass is 10.1. The third-order valence-corrected chi connectivity index (χ3v) is 8.38. The monoisotopic (exact) mass is 628 g/mol. The number of hydrogen-bond donors (Lipinski definition) is 1. The number of carbonyl (C=O) groups is 1. The summed E-state index contributed by atoms with van der Waals surface area (Å²) >= 11 is 1.17. The summed E-state index contributed by atoms with van der Waals surface area (Å²) in [7, 11) is 3.69. The molecule has 11 nitrogen and oxygen atoms in total. The van der Waals surface area contributed by atoms with Crippen LogP contribution < -0.4 is 16.6 Å². The van der Waals surface area contributed by atoms with Gasteiger partial charge in [0.15, 0.2) is 5.82 Å². The fourth-order valence-corrected chi connectivity index (χ4v) is 6.24. The van der Waals surface area contributed by atoms with Gasteiger partial charge in [-0.3, -0.25) is 13.9 Å². The molecule has 0 fully saturated rings. The summed E-state index contributed by atoms with van der Waals surface area (Å²) in [6, 6.07) is 13.2. The van der Waals surface area contributed by atoms with E-state index in [9.17, 15) is 23.2 Å². The lowest BCUT2D eigenvalue weighted by Gasteiger charge is -2.14. The van der Waals surface area contributed by atoms with Crippen LogP contribution in [-0.4, -0.2) is 53.9 Å². The molecule has 6 aromatic rings. The van der Waals surface area contributed by atoms with E-state index in [1.54, 1.807) is 37.3 Å². The molecule has 0 atom stereocenters. The Labute approximate surface area is 258 Å². The summed E-state index contributed by atoms with van der Waals surface area (Å²) in [5.41, 5.74) is 0.695. The highest BCUT2D eigenvalue weighted by molar-refractivity contribution is 7.22. The van der Waals surface area contributed by atoms with Gasteiger partial charge in [-0.05, 0) is 68.5 Å². The van der Waals surface area contributed by atoms with Crippen LogP contribution in [0, 0.1) is 18.6 Å². The Balaban J connectivity index is 1.57. The number of benzene rings is 2. The van der Waals surface area contributed by atoms with Crippen LogP contribution in [0.15, 0.2) is 82.9 Å². The van der Waals surface area contributed by atoms with Gasteiger partial charge in [-0.25, -0.2) is 27.9 Å². The van der Waals surface area contributed by atoms with Crippen LogP contribution >= 0.6 is 11.3 Å². The summed E-state index contributed by atoms with van der Waals surface area (Å²) in [6.45, 7) is 1.57. The van der Waals surface area contributed by atoms with Gasteiger partial charge < -0.3 is 10.2 Å². The molecule has 1 N–H and O–H groups in total. The lowest BCUT2D eigenvalue weighted by Crippen LogP contribution is -2.39. The molecule has 228 valence electrons. The lowest BCUT2D eigenvalue weighted by molar-refractivity contribution is 0.253. The summed E-state index contributed by atoms with van der Waals surface area (Å²) in [5, 5.41) is 11.1. The van der Waals surface area contributed by atoms with Gasteiger partial charge in [0.2, 0.25) is 0 Å². The molecule has 0 unspecified atom stereocenters. The molecule has 4 aromatic heterocycles. The fourth-order valence-electron chi connectivity index (χ4n) is 4.94. The third kappa shape index (κ3) is 5.68. The van der Waals surface area contributed by atoms with Gasteiger partial charge in [-0.1, -0.05) is 18.2 Å². The van der Waals surface area contributed by atoms with Crippen LogP contribution in [0.5, 0.6) is 0 Å². The molecule has 14 heteroatoms. The summed E-state index contributed by atoms with van der Waals surface area (Å²) < 4.78 is 33.1. The highest BCUT2D eigenvalue weighted by atomic mass is 32.1. The number of nitrogens with one attached hydrogen (secondary N) is 1. The van der Waals surface area contributed by atoms with Gasteiger partial charge in [0, 0.05) is 35.1 Å². The van der Waals surface area contributed by atoms with Crippen molar-refractivity contribution >= 4 is 33.3 Å². The second-order valence-electron chi connectivity index (χ2n) is 10.5.